The number of hydrogen-bond donors (Lipinski definition) is 1. The van der Waals surface area contributed by atoms with Gasteiger partial charge < -0.3 is 10.6 Å². The zero-order valence-corrected chi connectivity index (χ0v) is 11.4. The predicted octanol–water partition coefficient (Wildman–Crippen LogP) is 3.08. The number of rotatable bonds is 5. The Morgan fingerprint density at radius 3 is 2.76 bits per heavy atom. The van der Waals surface area contributed by atoms with Crippen LogP contribution in [0.5, 0.6) is 0 Å². The minimum absolute atomic E-state index is 0.588. The molecule has 1 aliphatic rings. The zero-order chi connectivity index (χ0) is 12.4. The van der Waals surface area contributed by atoms with Gasteiger partial charge in [0.25, 0.3) is 0 Å². The van der Waals surface area contributed by atoms with Crippen LogP contribution >= 0.6 is 11.6 Å². The quantitative estimate of drug-likeness (QED) is 0.873. The monoisotopic (exact) mass is 252 g/mol. The van der Waals surface area contributed by atoms with Crippen molar-refractivity contribution in [2.45, 2.75) is 32.2 Å². The fourth-order valence-corrected chi connectivity index (χ4v) is 2.65. The minimum Gasteiger partial charge on any atom is -0.371 e. The van der Waals surface area contributed by atoms with Gasteiger partial charge in [0, 0.05) is 23.8 Å². The molecule has 0 bridgehead atoms. The molecule has 1 aliphatic carbocycles. The van der Waals surface area contributed by atoms with E-state index < -0.39 is 0 Å². The molecule has 0 aliphatic heterocycles. The molecule has 94 valence electrons. The number of benzene rings is 1. The van der Waals surface area contributed by atoms with Crippen LogP contribution in [0, 0.1) is 5.92 Å². The van der Waals surface area contributed by atoms with Gasteiger partial charge in [-0.2, -0.15) is 0 Å². The Bertz CT molecular complexity index is 388. The standard InChI is InChI=1S/C14H21ClN2/c1-10(11-6-7-11)17(2)14-5-3-4-13(15)12(14)8-9-16/h3-5,10-11H,6-9,16H2,1-2H3. The van der Waals surface area contributed by atoms with Crippen molar-refractivity contribution in [2.75, 3.05) is 18.5 Å². The van der Waals surface area contributed by atoms with E-state index in [0.717, 1.165) is 17.4 Å². The van der Waals surface area contributed by atoms with Crippen molar-refractivity contribution in [2.24, 2.45) is 11.7 Å². The van der Waals surface area contributed by atoms with Crippen LogP contribution in [0.25, 0.3) is 0 Å². The molecular formula is C14H21ClN2. The molecule has 2 nitrogen and oxygen atoms in total. The van der Waals surface area contributed by atoms with Gasteiger partial charge in [-0.1, -0.05) is 17.7 Å². The number of halogens is 1. The van der Waals surface area contributed by atoms with Crippen molar-refractivity contribution in [1.29, 1.82) is 0 Å². The molecule has 1 fully saturated rings. The molecule has 1 unspecified atom stereocenters. The molecule has 1 atom stereocenters. The normalized spacial score (nSPS) is 16.9. The average molecular weight is 253 g/mol. The largest absolute Gasteiger partial charge is 0.371 e. The smallest absolute Gasteiger partial charge is 0.0459 e. The Morgan fingerprint density at radius 1 is 1.47 bits per heavy atom. The third-order valence-corrected chi connectivity index (χ3v) is 4.14. The van der Waals surface area contributed by atoms with Gasteiger partial charge in [-0.25, -0.2) is 0 Å². The van der Waals surface area contributed by atoms with E-state index in [9.17, 15) is 0 Å². The lowest BCUT2D eigenvalue weighted by molar-refractivity contribution is 0.607. The predicted molar refractivity (Wildman–Crippen MR) is 74.8 cm³/mol. The maximum absolute atomic E-state index is 6.27. The van der Waals surface area contributed by atoms with E-state index in [1.54, 1.807) is 0 Å². The molecule has 2 N–H and O–H groups in total. The van der Waals surface area contributed by atoms with Crippen molar-refractivity contribution in [1.82, 2.24) is 0 Å². The van der Waals surface area contributed by atoms with Crippen molar-refractivity contribution in [3.8, 4) is 0 Å². The molecular weight excluding hydrogens is 232 g/mol. The SMILES string of the molecule is CC(C1CC1)N(C)c1cccc(Cl)c1CCN. The second kappa shape index (κ2) is 5.28. The molecule has 0 radical (unpaired) electrons. The van der Waals surface area contributed by atoms with Gasteiger partial charge in [0.1, 0.15) is 0 Å². The molecule has 1 saturated carbocycles. The summed E-state index contributed by atoms with van der Waals surface area (Å²) < 4.78 is 0. The second-order valence-corrected chi connectivity index (χ2v) is 5.37. The molecule has 1 aromatic carbocycles. The van der Waals surface area contributed by atoms with Gasteiger partial charge in [0.2, 0.25) is 0 Å². The van der Waals surface area contributed by atoms with E-state index in [4.69, 9.17) is 17.3 Å². The van der Waals surface area contributed by atoms with Gasteiger partial charge in [-0.15, -0.1) is 0 Å². The molecule has 1 aromatic rings. The van der Waals surface area contributed by atoms with E-state index in [1.807, 2.05) is 12.1 Å². The summed E-state index contributed by atoms with van der Waals surface area (Å²) in [7, 11) is 2.16. The lowest BCUT2D eigenvalue weighted by Crippen LogP contribution is -2.31. The summed E-state index contributed by atoms with van der Waals surface area (Å²) >= 11 is 6.27. The molecule has 2 rings (SSSR count). The van der Waals surface area contributed by atoms with Crippen molar-refractivity contribution in [3.63, 3.8) is 0 Å². The Labute approximate surface area is 109 Å². The lowest BCUT2D eigenvalue weighted by Gasteiger charge is -2.29. The van der Waals surface area contributed by atoms with Crippen LogP contribution in [0.2, 0.25) is 5.02 Å². The Balaban J connectivity index is 2.26. The van der Waals surface area contributed by atoms with E-state index in [0.29, 0.717) is 12.6 Å². The van der Waals surface area contributed by atoms with Crippen molar-refractivity contribution >= 4 is 17.3 Å². The summed E-state index contributed by atoms with van der Waals surface area (Å²) in [5.41, 5.74) is 8.09. The maximum Gasteiger partial charge on any atom is 0.0459 e. The molecule has 0 saturated heterocycles. The first kappa shape index (κ1) is 12.7. The summed E-state index contributed by atoms with van der Waals surface area (Å²) in [6.07, 6.45) is 3.56. The third-order valence-electron chi connectivity index (χ3n) is 3.78. The third kappa shape index (κ3) is 2.75. The molecule has 0 amide bonds. The number of nitrogens with two attached hydrogens (primary N) is 1. The Morgan fingerprint density at radius 2 is 2.18 bits per heavy atom. The Hall–Kier alpha value is -0.730. The van der Waals surface area contributed by atoms with Crippen LogP contribution in [-0.4, -0.2) is 19.6 Å². The summed E-state index contributed by atoms with van der Waals surface area (Å²) in [6.45, 7) is 2.94. The van der Waals surface area contributed by atoms with Crippen LogP contribution in [0.15, 0.2) is 18.2 Å². The van der Waals surface area contributed by atoms with Crippen LogP contribution < -0.4 is 10.6 Å². The lowest BCUT2D eigenvalue weighted by atomic mass is 10.1. The fraction of sp³-hybridized carbons (Fsp3) is 0.571. The molecule has 0 spiro atoms. The van der Waals surface area contributed by atoms with Gasteiger partial charge in [-0.3, -0.25) is 0 Å². The van der Waals surface area contributed by atoms with Crippen LogP contribution in [0.3, 0.4) is 0 Å². The zero-order valence-electron chi connectivity index (χ0n) is 10.6. The molecule has 17 heavy (non-hydrogen) atoms. The second-order valence-electron chi connectivity index (χ2n) is 4.97. The fourth-order valence-electron chi connectivity index (χ4n) is 2.38. The van der Waals surface area contributed by atoms with Crippen molar-refractivity contribution in [3.05, 3.63) is 28.8 Å². The Kier molecular flexibility index (Phi) is 3.95. The molecule has 3 heteroatoms. The minimum atomic E-state index is 0.588. The molecule has 0 heterocycles. The number of hydrogen-bond acceptors (Lipinski definition) is 2. The summed E-state index contributed by atoms with van der Waals surface area (Å²) in [4.78, 5) is 2.36. The van der Waals surface area contributed by atoms with Crippen molar-refractivity contribution < 1.29 is 0 Å². The van der Waals surface area contributed by atoms with E-state index >= 15 is 0 Å². The highest BCUT2D eigenvalue weighted by atomic mass is 35.5. The van der Waals surface area contributed by atoms with Gasteiger partial charge in [0.05, 0.1) is 0 Å². The maximum atomic E-state index is 6.27. The topological polar surface area (TPSA) is 29.3 Å². The van der Waals surface area contributed by atoms with Gasteiger partial charge in [0.15, 0.2) is 0 Å². The first-order valence-corrected chi connectivity index (χ1v) is 6.73. The first-order chi connectivity index (χ1) is 8.15. The average Bonchev–Trinajstić information content (AvgIpc) is 3.14. The van der Waals surface area contributed by atoms with E-state index in [2.05, 4.69) is 24.9 Å². The van der Waals surface area contributed by atoms with Gasteiger partial charge >= 0.3 is 0 Å². The van der Waals surface area contributed by atoms with E-state index in [1.165, 1.54) is 24.1 Å². The first-order valence-electron chi connectivity index (χ1n) is 6.35. The van der Waals surface area contributed by atoms with E-state index in [-0.39, 0.29) is 0 Å². The number of anilines is 1. The van der Waals surface area contributed by atoms with Crippen LogP contribution in [0.1, 0.15) is 25.3 Å². The summed E-state index contributed by atoms with van der Waals surface area (Å²) in [5.74, 6) is 0.852. The molecule has 0 aromatic heterocycles. The highest BCUT2D eigenvalue weighted by Crippen LogP contribution is 2.38. The summed E-state index contributed by atoms with van der Waals surface area (Å²) in [6, 6.07) is 6.71. The van der Waals surface area contributed by atoms with Crippen LogP contribution in [0.4, 0.5) is 5.69 Å². The van der Waals surface area contributed by atoms with Gasteiger partial charge in [-0.05, 0) is 56.3 Å². The number of nitrogens with zero attached hydrogens (tertiary/aromatic N) is 1. The van der Waals surface area contributed by atoms with Crippen LogP contribution in [-0.2, 0) is 6.42 Å². The highest BCUT2D eigenvalue weighted by molar-refractivity contribution is 6.31. The summed E-state index contributed by atoms with van der Waals surface area (Å²) in [5, 5.41) is 0.836. The highest BCUT2D eigenvalue weighted by Gasteiger charge is 2.31.